The van der Waals surface area contributed by atoms with E-state index in [4.69, 9.17) is 0 Å². The molecule has 0 spiro atoms. The number of hydrogen-bond acceptors (Lipinski definition) is 3. The lowest BCUT2D eigenvalue weighted by Gasteiger charge is -2.23. The van der Waals surface area contributed by atoms with Crippen molar-refractivity contribution in [2.45, 2.75) is 57.9 Å². The molecule has 0 aliphatic heterocycles. The molecule has 1 aromatic carbocycles. The van der Waals surface area contributed by atoms with Gasteiger partial charge in [-0.2, -0.15) is 0 Å². The fourth-order valence-electron chi connectivity index (χ4n) is 3.29. The minimum absolute atomic E-state index is 0.0405. The molecule has 1 aliphatic carbocycles. The maximum absolute atomic E-state index is 12.7. The van der Waals surface area contributed by atoms with E-state index < -0.39 is 0 Å². The van der Waals surface area contributed by atoms with Crippen LogP contribution in [0.25, 0.3) is 0 Å². The van der Waals surface area contributed by atoms with Gasteiger partial charge in [0.25, 0.3) is 5.91 Å². The van der Waals surface area contributed by atoms with Gasteiger partial charge in [-0.25, -0.2) is 4.98 Å². The maximum atomic E-state index is 12.7. The maximum Gasteiger partial charge on any atom is 0.255 e. The van der Waals surface area contributed by atoms with Crippen molar-refractivity contribution in [2.24, 2.45) is 0 Å². The third-order valence-corrected chi connectivity index (χ3v) is 4.83. The van der Waals surface area contributed by atoms with Crippen LogP contribution in [0.5, 0.6) is 0 Å². The summed E-state index contributed by atoms with van der Waals surface area (Å²) < 4.78 is 0. The molecule has 4 heteroatoms. The van der Waals surface area contributed by atoms with Gasteiger partial charge in [0.15, 0.2) is 0 Å². The summed E-state index contributed by atoms with van der Waals surface area (Å²) in [6.07, 6.45) is 7.54. The first-order valence-corrected chi connectivity index (χ1v) is 9.26. The summed E-state index contributed by atoms with van der Waals surface area (Å²) in [6.45, 7) is 4.35. The summed E-state index contributed by atoms with van der Waals surface area (Å²) in [4.78, 5) is 17.0. The van der Waals surface area contributed by atoms with Crippen LogP contribution in [0.3, 0.4) is 0 Å². The number of pyridine rings is 1. The zero-order valence-corrected chi connectivity index (χ0v) is 15.1. The molecule has 0 saturated heterocycles. The fourth-order valence-corrected chi connectivity index (χ4v) is 3.29. The first-order chi connectivity index (χ1) is 12.1. The molecule has 1 heterocycles. The summed E-state index contributed by atoms with van der Waals surface area (Å²) in [5.41, 5.74) is 2.83. The van der Waals surface area contributed by atoms with E-state index in [1.54, 1.807) is 6.20 Å². The molecule has 3 rings (SSSR count). The first-order valence-electron chi connectivity index (χ1n) is 9.26. The second-order valence-electron chi connectivity index (χ2n) is 7.11. The Hall–Kier alpha value is -2.36. The summed E-state index contributed by atoms with van der Waals surface area (Å²) in [5, 5.41) is 6.45. The molecule has 1 aromatic heterocycles. The Morgan fingerprint density at radius 2 is 1.80 bits per heavy atom. The molecule has 0 unspecified atom stereocenters. The van der Waals surface area contributed by atoms with Gasteiger partial charge in [-0.3, -0.25) is 4.79 Å². The quantitative estimate of drug-likeness (QED) is 0.806. The van der Waals surface area contributed by atoms with Gasteiger partial charge >= 0.3 is 0 Å². The molecule has 1 amide bonds. The largest absolute Gasteiger partial charge is 0.349 e. The molecule has 1 fully saturated rings. The van der Waals surface area contributed by atoms with Crippen molar-refractivity contribution in [2.75, 3.05) is 5.32 Å². The number of aromatic nitrogens is 1. The molecule has 1 aliphatic rings. The van der Waals surface area contributed by atoms with E-state index in [1.807, 2.05) is 24.3 Å². The van der Waals surface area contributed by atoms with Crippen LogP contribution in [-0.2, 0) is 0 Å². The number of rotatable bonds is 5. The predicted molar refractivity (Wildman–Crippen MR) is 102 cm³/mol. The van der Waals surface area contributed by atoms with Gasteiger partial charge in [-0.1, -0.05) is 45.2 Å². The van der Waals surface area contributed by atoms with Gasteiger partial charge in [0.1, 0.15) is 5.82 Å². The first kappa shape index (κ1) is 17.5. The highest BCUT2D eigenvalue weighted by atomic mass is 16.1. The third-order valence-electron chi connectivity index (χ3n) is 4.83. The minimum Gasteiger partial charge on any atom is -0.349 e. The third kappa shape index (κ3) is 4.59. The van der Waals surface area contributed by atoms with E-state index in [0.717, 1.165) is 18.5 Å². The second-order valence-corrected chi connectivity index (χ2v) is 7.11. The highest BCUT2D eigenvalue weighted by Gasteiger charge is 2.19. The number of anilines is 2. The molecule has 25 heavy (non-hydrogen) atoms. The SMILES string of the molecule is CC(C)c1ccc(Nc2ncccc2C(=O)NC2CCCCC2)cc1. The highest BCUT2D eigenvalue weighted by molar-refractivity contribution is 5.99. The Morgan fingerprint density at radius 1 is 1.08 bits per heavy atom. The number of nitrogens with zero attached hydrogens (tertiary/aromatic N) is 1. The molecule has 0 radical (unpaired) electrons. The van der Waals surface area contributed by atoms with E-state index in [9.17, 15) is 4.79 Å². The Kier molecular flexibility index (Phi) is 5.69. The number of carbonyl (C=O) groups is 1. The number of benzene rings is 1. The summed E-state index contributed by atoms with van der Waals surface area (Å²) in [5.74, 6) is 1.06. The van der Waals surface area contributed by atoms with E-state index in [-0.39, 0.29) is 5.91 Å². The van der Waals surface area contributed by atoms with Crippen molar-refractivity contribution in [3.05, 3.63) is 53.7 Å². The van der Waals surface area contributed by atoms with Crippen LogP contribution in [0, 0.1) is 0 Å². The number of nitrogens with one attached hydrogen (secondary N) is 2. The van der Waals surface area contributed by atoms with E-state index in [1.165, 1.54) is 24.8 Å². The van der Waals surface area contributed by atoms with Crippen LogP contribution in [0.15, 0.2) is 42.6 Å². The standard InChI is InChI=1S/C21H27N3O/c1-15(2)16-10-12-18(13-11-16)23-20-19(9-6-14-22-20)21(25)24-17-7-4-3-5-8-17/h6,9-15,17H,3-5,7-8H2,1-2H3,(H,22,23)(H,24,25). The van der Waals surface area contributed by atoms with Crippen LogP contribution in [-0.4, -0.2) is 16.9 Å². The zero-order valence-electron chi connectivity index (χ0n) is 15.1. The Morgan fingerprint density at radius 3 is 2.48 bits per heavy atom. The molecule has 1 saturated carbocycles. The normalized spacial score (nSPS) is 15.2. The molecular weight excluding hydrogens is 310 g/mol. The average molecular weight is 337 g/mol. The van der Waals surface area contributed by atoms with Crippen LogP contribution in [0.1, 0.15) is 67.8 Å². The highest BCUT2D eigenvalue weighted by Crippen LogP contribution is 2.23. The van der Waals surface area contributed by atoms with Crippen molar-refractivity contribution >= 4 is 17.4 Å². The smallest absolute Gasteiger partial charge is 0.255 e. The number of amides is 1. The van der Waals surface area contributed by atoms with Gasteiger partial charge < -0.3 is 10.6 Å². The molecule has 2 aromatic rings. The summed E-state index contributed by atoms with van der Waals surface area (Å²) >= 11 is 0. The van der Waals surface area contributed by atoms with Crippen molar-refractivity contribution in [3.63, 3.8) is 0 Å². The second kappa shape index (κ2) is 8.15. The van der Waals surface area contributed by atoms with E-state index >= 15 is 0 Å². The number of carbonyl (C=O) groups excluding carboxylic acids is 1. The number of hydrogen-bond donors (Lipinski definition) is 2. The van der Waals surface area contributed by atoms with Crippen molar-refractivity contribution in [3.8, 4) is 0 Å². The molecule has 0 atom stereocenters. The predicted octanol–water partition coefficient (Wildman–Crippen LogP) is 5.01. The lowest BCUT2D eigenvalue weighted by Crippen LogP contribution is -2.36. The lowest BCUT2D eigenvalue weighted by molar-refractivity contribution is 0.0928. The Bertz CT molecular complexity index is 703. The van der Waals surface area contributed by atoms with Crippen molar-refractivity contribution in [1.82, 2.24) is 10.3 Å². The summed E-state index contributed by atoms with van der Waals surface area (Å²) in [6, 6.07) is 12.2. The molecule has 132 valence electrons. The fraction of sp³-hybridized carbons (Fsp3) is 0.429. The van der Waals surface area contributed by atoms with Gasteiger partial charge in [-0.05, 0) is 48.6 Å². The molecule has 4 nitrogen and oxygen atoms in total. The van der Waals surface area contributed by atoms with Gasteiger partial charge in [-0.15, -0.1) is 0 Å². The van der Waals surface area contributed by atoms with E-state index in [2.05, 4.69) is 41.6 Å². The van der Waals surface area contributed by atoms with Crippen molar-refractivity contribution < 1.29 is 4.79 Å². The molecule has 2 N–H and O–H groups in total. The minimum atomic E-state index is -0.0405. The average Bonchev–Trinajstić information content (AvgIpc) is 2.63. The zero-order chi connectivity index (χ0) is 17.6. The van der Waals surface area contributed by atoms with Crippen LogP contribution < -0.4 is 10.6 Å². The lowest BCUT2D eigenvalue weighted by atomic mass is 9.95. The van der Waals surface area contributed by atoms with Gasteiger partial charge in [0, 0.05) is 17.9 Å². The molecule has 0 bridgehead atoms. The Labute approximate surface area is 150 Å². The van der Waals surface area contributed by atoms with Gasteiger partial charge in [0.2, 0.25) is 0 Å². The van der Waals surface area contributed by atoms with Crippen LogP contribution >= 0.6 is 0 Å². The van der Waals surface area contributed by atoms with Gasteiger partial charge in [0.05, 0.1) is 5.56 Å². The summed E-state index contributed by atoms with van der Waals surface area (Å²) in [7, 11) is 0. The van der Waals surface area contributed by atoms with E-state index in [0.29, 0.717) is 23.3 Å². The van der Waals surface area contributed by atoms with Crippen molar-refractivity contribution in [1.29, 1.82) is 0 Å². The molecular formula is C21H27N3O. The Balaban J connectivity index is 1.72. The monoisotopic (exact) mass is 337 g/mol. The topological polar surface area (TPSA) is 54.0 Å². The van der Waals surface area contributed by atoms with Crippen LogP contribution in [0.4, 0.5) is 11.5 Å². The van der Waals surface area contributed by atoms with Crippen LogP contribution in [0.2, 0.25) is 0 Å².